The minimum Gasteiger partial charge on any atom is -0.365 e. The van der Waals surface area contributed by atoms with Crippen LogP contribution in [-0.4, -0.2) is 25.2 Å². The predicted molar refractivity (Wildman–Crippen MR) is 82.1 cm³/mol. The highest BCUT2D eigenvalue weighted by Crippen LogP contribution is 2.24. The standard InChI is InChI=1S/C15H17N3Si/c19-15(14-6-3-9-18-14)10-11(12-4-1-7-16-12)13-5-2-8-17-13/h1-10,15-18H,19H3. The van der Waals surface area contributed by atoms with Crippen molar-refractivity contribution < 1.29 is 0 Å². The summed E-state index contributed by atoms with van der Waals surface area (Å²) in [7, 11) is 1.07. The van der Waals surface area contributed by atoms with Crippen LogP contribution in [0.3, 0.4) is 0 Å². The molecule has 3 aromatic rings. The van der Waals surface area contributed by atoms with Gasteiger partial charge in [0, 0.05) is 57.0 Å². The van der Waals surface area contributed by atoms with Crippen molar-refractivity contribution in [1.82, 2.24) is 15.0 Å². The summed E-state index contributed by atoms with van der Waals surface area (Å²) in [5.74, 6) is 0. The van der Waals surface area contributed by atoms with E-state index in [1.54, 1.807) is 0 Å². The van der Waals surface area contributed by atoms with E-state index in [1.807, 2.05) is 30.7 Å². The van der Waals surface area contributed by atoms with Gasteiger partial charge in [0.15, 0.2) is 0 Å². The SMILES string of the molecule is [SiH3]C(C=C(c1ccc[nH]1)c1ccc[nH]1)c1ccc[nH]1. The van der Waals surface area contributed by atoms with Gasteiger partial charge in [-0.1, -0.05) is 6.08 Å². The molecular formula is C15H17N3Si. The van der Waals surface area contributed by atoms with Crippen molar-refractivity contribution in [3.8, 4) is 0 Å². The normalized spacial score (nSPS) is 12.4. The van der Waals surface area contributed by atoms with E-state index in [0.717, 1.165) is 21.6 Å². The molecule has 0 spiro atoms. The maximum Gasteiger partial charge on any atom is 0.0471 e. The van der Waals surface area contributed by atoms with E-state index in [4.69, 9.17) is 0 Å². The average Bonchev–Trinajstić information content (AvgIpc) is 3.17. The minimum atomic E-state index is 0.469. The Kier molecular flexibility index (Phi) is 3.25. The molecule has 1 atom stereocenters. The molecular weight excluding hydrogens is 250 g/mol. The van der Waals surface area contributed by atoms with Crippen LogP contribution in [0.5, 0.6) is 0 Å². The third-order valence-corrected chi connectivity index (χ3v) is 4.26. The summed E-state index contributed by atoms with van der Waals surface area (Å²) in [6, 6.07) is 12.5. The molecule has 0 bridgehead atoms. The topological polar surface area (TPSA) is 47.4 Å². The Bertz CT molecular complexity index is 597. The fraction of sp³-hybridized carbons (Fsp3) is 0.0667. The van der Waals surface area contributed by atoms with Gasteiger partial charge in [0.2, 0.25) is 0 Å². The van der Waals surface area contributed by atoms with Crippen molar-refractivity contribution >= 4 is 15.8 Å². The second-order valence-electron chi connectivity index (χ2n) is 4.66. The second kappa shape index (κ2) is 5.20. The third kappa shape index (κ3) is 2.48. The average molecular weight is 267 g/mol. The first-order valence-electron chi connectivity index (χ1n) is 6.47. The second-order valence-corrected chi connectivity index (χ2v) is 5.91. The van der Waals surface area contributed by atoms with Gasteiger partial charge in [-0.25, -0.2) is 0 Å². The zero-order valence-corrected chi connectivity index (χ0v) is 12.9. The summed E-state index contributed by atoms with van der Waals surface area (Å²) in [6.45, 7) is 0. The zero-order valence-electron chi connectivity index (χ0n) is 10.9. The highest BCUT2D eigenvalue weighted by molar-refractivity contribution is 6.14. The van der Waals surface area contributed by atoms with Crippen molar-refractivity contribution in [3.63, 3.8) is 0 Å². The molecule has 0 aromatic carbocycles. The van der Waals surface area contributed by atoms with Gasteiger partial charge in [-0.3, -0.25) is 0 Å². The molecule has 0 aliphatic heterocycles. The van der Waals surface area contributed by atoms with Crippen molar-refractivity contribution in [2.75, 3.05) is 0 Å². The molecule has 3 nitrogen and oxygen atoms in total. The Morgan fingerprint density at radius 2 is 1.47 bits per heavy atom. The molecule has 3 heterocycles. The van der Waals surface area contributed by atoms with Crippen LogP contribution in [0.15, 0.2) is 61.1 Å². The van der Waals surface area contributed by atoms with E-state index in [-0.39, 0.29) is 0 Å². The van der Waals surface area contributed by atoms with Crippen LogP contribution < -0.4 is 0 Å². The summed E-state index contributed by atoms with van der Waals surface area (Å²) >= 11 is 0. The van der Waals surface area contributed by atoms with Gasteiger partial charge in [0.05, 0.1) is 0 Å². The first-order valence-corrected chi connectivity index (χ1v) is 7.62. The summed E-state index contributed by atoms with van der Waals surface area (Å²) in [6.07, 6.45) is 8.23. The van der Waals surface area contributed by atoms with E-state index in [2.05, 4.69) is 45.3 Å². The Morgan fingerprint density at radius 3 is 1.95 bits per heavy atom. The maximum absolute atomic E-state index is 3.30. The lowest BCUT2D eigenvalue weighted by molar-refractivity contribution is 1.11. The van der Waals surface area contributed by atoms with Crippen molar-refractivity contribution in [2.24, 2.45) is 0 Å². The molecule has 0 radical (unpaired) electrons. The lowest BCUT2D eigenvalue weighted by Crippen LogP contribution is -1.98. The van der Waals surface area contributed by atoms with Gasteiger partial charge < -0.3 is 15.0 Å². The van der Waals surface area contributed by atoms with Gasteiger partial charge in [0.25, 0.3) is 0 Å². The molecule has 0 saturated heterocycles. The lowest BCUT2D eigenvalue weighted by atomic mass is 10.1. The van der Waals surface area contributed by atoms with Crippen LogP contribution in [0.25, 0.3) is 5.57 Å². The van der Waals surface area contributed by atoms with Gasteiger partial charge in [-0.05, 0) is 36.4 Å². The maximum atomic E-state index is 3.30. The number of hydrogen-bond acceptors (Lipinski definition) is 0. The number of nitrogens with one attached hydrogen (secondary N) is 3. The largest absolute Gasteiger partial charge is 0.365 e. The quantitative estimate of drug-likeness (QED) is 0.607. The fourth-order valence-corrected chi connectivity index (χ4v) is 2.98. The summed E-state index contributed by atoms with van der Waals surface area (Å²) in [4.78, 5) is 9.89. The van der Waals surface area contributed by atoms with E-state index in [1.165, 1.54) is 11.3 Å². The van der Waals surface area contributed by atoms with E-state index >= 15 is 0 Å². The summed E-state index contributed by atoms with van der Waals surface area (Å²) in [5, 5.41) is 0. The Balaban J connectivity index is 2.00. The number of rotatable bonds is 4. The van der Waals surface area contributed by atoms with Crippen molar-refractivity contribution in [2.45, 2.75) is 5.54 Å². The fourth-order valence-electron chi connectivity index (χ4n) is 2.29. The monoisotopic (exact) mass is 267 g/mol. The van der Waals surface area contributed by atoms with Gasteiger partial charge in [-0.15, -0.1) is 0 Å². The van der Waals surface area contributed by atoms with Crippen LogP contribution in [0.4, 0.5) is 0 Å². The van der Waals surface area contributed by atoms with E-state index < -0.39 is 0 Å². The smallest absolute Gasteiger partial charge is 0.0471 e. The molecule has 4 heteroatoms. The summed E-state index contributed by atoms with van der Waals surface area (Å²) < 4.78 is 0. The number of aromatic amines is 3. The molecule has 96 valence electrons. The van der Waals surface area contributed by atoms with Crippen LogP contribution in [-0.2, 0) is 0 Å². The van der Waals surface area contributed by atoms with Crippen LogP contribution >= 0.6 is 0 Å². The van der Waals surface area contributed by atoms with Crippen molar-refractivity contribution in [3.05, 3.63) is 78.1 Å². The molecule has 19 heavy (non-hydrogen) atoms. The molecule has 3 aromatic heterocycles. The molecule has 3 rings (SSSR count). The van der Waals surface area contributed by atoms with Crippen LogP contribution in [0.2, 0.25) is 0 Å². The molecule has 0 aliphatic carbocycles. The first kappa shape index (κ1) is 11.9. The molecule has 0 saturated carbocycles. The Hall–Kier alpha value is -2.20. The van der Waals surface area contributed by atoms with Gasteiger partial charge >= 0.3 is 0 Å². The molecule has 0 fully saturated rings. The lowest BCUT2D eigenvalue weighted by Gasteiger charge is -2.09. The van der Waals surface area contributed by atoms with Crippen LogP contribution in [0.1, 0.15) is 22.6 Å². The van der Waals surface area contributed by atoms with Crippen molar-refractivity contribution in [1.29, 1.82) is 0 Å². The van der Waals surface area contributed by atoms with Gasteiger partial charge in [0.1, 0.15) is 0 Å². The van der Waals surface area contributed by atoms with Gasteiger partial charge in [-0.2, -0.15) is 0 Å². The number of H-pyrrole nitrogens is 3. The van der Waals surface area contributed by atoms with E-state index in [0.29, 0.717) is 5.54 Å². The summed E-state index contributed by atoms with van der Waals surface area (Å²) in [5.41, 5.74) is 5.27. The molecule has 0 amide bonds. The number of allylic oxidation sites excluding steroid dienone is 1. The third-order valence-electron chi connectivity index (χ3n) is 3.31. The molecule has 0 aliphatic rings. The molecule has 1 unspecified atom stereocenters. The zero-order chi connectivity index (χ0) is 13.1. The highest BCUT2D eigenvalue weighted by atomic mass is 28.1. The first-order chi connectivity index (χ1) is 9.34. The number of hydrogen-bond donors (Lipinski definition) is 3. The highest BCUT2D eigenvalue weighted by Gasteiger charge is 2.10. The Labute approximate surface area is 115 Å². The molecule has 3 N–H and O–H groups in total. The van der Waals surface area contributed by atoms with E-state index in [9.17, 15) is 0 Å². The Morgan fingerprint density at radius 1 is 0.895 bits per heavy atom. The minimum absolute atomic E-state index is 0.469. The predicted octanol–water partition coefficient (Wildman–Crippen LogP) is 2.21. The van der Waals surface area contributed by atoms with Crippen LogP contribution in [0, 0.1) is 0 Å². The number of aromatic nitrogens is 3.